The zero-order chi connectivity index (χ0) is 16.2. The number of nitrogens with zero attached hydrogens (tertiary/aromatic N) is 2. The molecular formula is C18H17ClN2O2. The lowest BCUT2D eigenvalue weighted by Gasteiger charge is -2.09. The molecule has 0 aliphatic rings. The van der Waals surface area contributed by atoms with Gasteiger partial charge >= 0.3 is 0 Å². The van der Waals surface area contributed by atoms with E-state index >= 15 is 0 Å². The molecule has 0 unspecified atom stereocenters. The Morgan fingerprint density at radius 2 is 2.09 bits per heavy atom. The Kier molecular flexibility index (Phi) is 4.63. The molecule has 0 aliphatic heterocycles. The van der Waals surface area contributed by atoms with E-state index in [4.69, 9.17) is 16.3 Å². The van der Waals surface area contributed by atoms with Gasteiger partial charge in [0.25, 0.3) is 0 Å². The minimum absolute atomic E-state index is 0.0233. The Morgan fingerprint density at radius 1 is 1.26 bits per heavy atom. The van der Waals surface area contributed by atoms with Gasteiger partial charge < -0.3 is 4.74 Å². The van der Waals surface area contributed by atoms with Crippen molar-refractivity contribution < 1.29 is 9.53 Å². The van der Waals surface area contributed by atoms with E-state index in [2.05, 4.69) is 4.98 Å². The fourth-order valence-electron chi connectivity index (χ4n) is 2.46. The van der Waals surface area contributed by atoms with Crippen molar-refractivity contribution in [2.45, 2.75) is 19.8 Å². The second kappa shape index (κ2) is 6.84. The number of ether oxygens (including phenoxy) is 1. The molecule has 0 N–H and O–H groups in total. The van der Waals surface area contributed by atoms with Crippen LogP contribution in [-0.2, 0) is 0 Å². The number of imidazole rings is 1. The molecule has 1 heterocycles. The Bertz CT molecular complexity index is 842. The molecule has 0 atom stereocenters. The number of fused-ring (bicyclic) bond motifs is 1. The van der Waals surface area contributed by atoms with Crippen LogP contribution in [0.4, 0.5) is 0 Å². The van der Waals surface area contributed by atoms with Crippen LogP contribution in [0.15, 0.2) is 48.8 Å². The lowest BCUT2D eigenvalue weighted by atomic mass is 10.2. The van der Waals surface area contributed by atoms with Crippen molar-refractivity contribution in [2.24, 2.45) is 0 Å². The molecule has 0 radical (unpaired) electrons. The Hall–Kier alpha value is -2.33. The van der Waals surface area contributed by atoms with Crippen molar-refractivity contribution >= 4 is 28.5 Å². The van der Waals surface area contributed by atoms with Crippen LogP contribution in [-0.4, -0.2) is 22.1 Å². The first-order chi connectivity index (χ1) is 11.1. The summed E-state index contributed by atoms with van der Waals surface area (Å²) in [6.45, 7) is 2.44. The summed E-state index contributed by atoms with van der Waals surface area (Å²) in [6.07, 6.45) is 2.64. The second-order valence-corrected chi connectivity index (χ2v) is 5.80. The van der Waals surface area contributed by atoms with Crippen LogP contribution in [0.2, 0.25) is 5.02 Å². The SMILES string of the molecule is Cc1cc(Cl)ccc1OCCCC(=O)n1cnc2ccccc21. The summed E-state index contributed by atoms with van der Waals surface area (Å²) >= 11 is 5.92. The molecule has 0 fully saturated rings. The second-order valence-electron chi connectivity index (χ2n) is 5.36. The van der Waals surface area contributed by atoms with E-state index in [1.165, 1.54) is 0 Å². The predicted molar refractivity (Wildman–Crippen MR) is 91.3 cm³/mol. The summed E-state index contributed by atoms with van der Waals surface area (Å²) in [4.78, 5) is 16.5. The number of carbonyl (C=O) groups excluding carboxylic acids is 1. The number of aromatic nitrogens is 2. The van der Waals surface area contributed by atoms with Crippen molar-refractivity contribution in [1.29, 1.82) is 0 Å². The maximum absolute atomic E-state index is 12.3. The van der Waals surface area contributed by atoms with Gasteiger partial charge in [0, 0.05) is 11.4 Å². The molecule has 0 spiro atoms. The number of benzene rings is 2. The number of hydrogen-bond acceptors (Lipinski definition) is 3. The van der Waals surface area contributed by atoms with Gasteiger partial charge in [-0.1, -0.05) is 23.7 Å². The molecule has 0 aliphatic carbocycles. The number of halogens is 1. The molecule has 3 aromatic rings. The zero-order valence-corrected chi connectivity index (χ0v) is 13.6. The average Bonchev–Trinajstić information content (AvgIpc) is 2.97. The lowest BCUT2D eigenvalue weighted by Crippen LogP contribution is -2.11. The molecule has 0 saturated carbocycles. The predicted octanol–water partition coefficient (Wildman–Crippen LogP) is 4.50. The van der Waals surface area contributed by atoms with Crippen LogP contribution in [0.3, 0.4) is 0 Å². The van der Waals surface area contributed by atoms with E-state index in [-0.39, 0.29) is 5.91 Å². The van der Waals surface area contributed by atoms with Crippen LogP contribution < -0.4 is 4.74 Å². The maximum atomic E-state index is 12.3. The molecule has 4 nitrogen and oxygen atoms in total. The molecule has 0 amide bonds. The smallest absolute Gasteiger partial charge is 0.232 e. The van der Waals surface area contributed by atoms with Crippen molar-refractivity contribution in [3.05, 3.63) is 59.4 Å². The highest BCUT2D eigenvalue weighted by Gasteiger charge is 2.09. The van der Waals surface area contributed by atoms with Crippen molar-refractivity contribution in [3.63, 3.8) is 0 Å². The van der Waals surface area contributed by atoms with Crippen molar-refractivity contribution in [1.82, 2.24) is 9.55 Å². The molecule has 5 heteroatoms. The topological polar surface area (TPSA) is 44.1 Å². The first kappa shape index (κ1) is 15.6. The number of carbonyl (C=O) groups is 1. The standard InChI is InChI=1S/C18H17ClN2O2/c1-13-11-14(19)8-9-17(13)23-10-4-7-18(22)21-12-20-15-5-2-3-6-16(15)21/h2-3,5-6,8-9,11-12H,4,7,10H2,1H3. The molecule has 23 heavy (non-hydrogen) atoms. The minimum atomic E-state index is 0.0233. The van der Waals surface area contributed by atoms with Gasteiger partial charge in [-0.15, -0.1) is 0 Å². The zero-order valence-electron chi connectivity index (χ0n) is 12.8. The van der Waals surface area contributed by atoms with E-state index in [0.717, 1.165) is 22.3 Å². The van der Waals surface area contributed by atoms with E-state index in [1.54, 1.807) is 17.0 Å². The third kappa shape index (κ3) is 3.54. The number of para-hydroxylation sites is 2. The summed E-state index contributed by atoms with van der Waals surface area (Å²) in [6, 6.07) is 13.1. The van der Waals surface area contributed by atoms with E-state index < -0.39 is 0 Å². The molecule has 1 aromatic heterocycles. The first-order valence-electron chi connectivity index (χ1n) is 7.49. The van der Waals surface area contributed by atoms with Gasteiger partial charge in [-0.2, -0.15) is 0 Å². The number of hydrogen-bond donors (Lipinski definition) is 0. The average molecular weight is 329 g/mol. The first-order valence-corrected chi connectivity index (χ1v) is 7.87. The highest BCUT2D eigenvalue weighted by atomic mass is 35.5. The molecule has 118 valence electrons. The summed E-state index contributed by atoms with van der Waals surface area (Å²) in [5.41, 5.74) is 2.66. The maximum Gasteiger partial charge on any atom is 0.232 e. The van der Waals surface area contributed by atoms with Gasteiger partial charge in [0.2, 0.25) is 5.91 Å². The number of aryl methyl sites for hydroxylation is 1. The van der Waals surface area contributed by atoms with E-state index in [1.807, 2.05) is 43.3 Å². The largest absolute Gasteiger partial charge is 0.493 e. The summed E-state index contributed by atoms with van der Waals surface area (Å²) < 4.78 is 7.31. The van der Waals surface area contributed by atoms with Gasteiger partial charge in [0.1, 0.15) is 12.1 Å². The summed E-state index contributed by atoms with van der Waals surface area (Å²) in [5, 5.41) is 0.692. The van der Waals surface area contributed by atoms with E-state index in [9.17, 15) is 4.79 Å². The van der Waals surface area contributed by atoms with Crippen LogP contribution in [0.25, 0.3) is 11.0 Å². The molecule has 2 aromatic carbocycles. The Labute approximate surface area is 139 Å². The molecular weight excluding hydrogens is 312 g/mol. The van der Waals surface area contributed by atoms with Crippen LogP contribution in [0, 0.1) is 6.92 Å². The van der Waals surface area contributed by atoms with Gasteiger partial charge in [-0.25, -0.2) is 4.98 Å². The number of rotatable bonds is 5. The van der Waals surface area contributed by atoms with Crippen molar-refractivity contribution in [3.8, 4) is 5.75 Å². The Balaban J connectivity index is 1.55. The van der Waals surface area contributed by atoms with Crippen LogP contribution in [0.1, 0.15) is 23.2 Å². The monoisotopic (exact) mass is 328 g/mol. The normalized spacial score (nSPS) is 10.9. The van der Waals surface area contributed by atoms with Gasteiger partial charge in [-0.3, -0.25) is 9.36 Å². The summed E-state index contributed by atoms with van der Waals surface area (Å²) in [7, 11) is 0. The highest BCUT2D eigenvalue weighted by Crippen LogP contribution is 2.22. The van der Waals surface area contributed by atoms with Crippen molar-refractivity contribution in [2.75, 3.05) is 6.61 Å². The highest BCUT2D eigenvalue weighted by molar-refractivity contribution is 6.30. The fourth-order valence-corrected chi connectivity index (χ4v) is 2.69. The molecule has 3 rings (SSSR count). The van der Waals surface area contributed by atoms with Gasteiger partial charge in [0.15, 0.2) is 0 Å². The molecule has 0 bridgehead atoms. The third-order valence-electron chi connectivity index (χ3n) is 3.65. The minimum Gasteiger partial charge on any atom is -0.493 e. The Morgan fingerprint density at radius 3 is 2.91 bits per heavy atom. The van der Waals surface area contributed by atoms with Gasteiger partial charge in [-0.05, 0) is 49.2 Å². The quantitative estimate of drug-likeness (QED) is 0.648. The van der Waals surface area contributed by atoms with Crippen LogP contribution in [0.5, 0.6) is 5.75 Å². The third-order valence-corrected chi connectivity index (χ3v) is 3.89. The lowest BCUT2D eigenvalue weighted by molar-refractivity contribution is 0.0898. The summed E-state index contributed by atoms with van der Waals surface area (Å²) in [5.74, 6) is 0.824. The van der Waals surface area contributed by atoms with Crippen LogP contribution >= 0.6 is 11.6 Å². The van der Waals surface area contributed by atoms with Gasteiger partial charge in [0.05, 0.1) is 17.6 Å². The fraction of sp³-hybridized carbons (Fsp3) is 0.222. The van der Waals surface area contributed by atoms with E-state index in [0.29, 0.717) is 24.5 Å². The molecule has 0 saturated heterocycles.